The van der Waals surface area contributed by atoms with E-state index in [1.165, 1.54) is 11.0 Å². The first kappa shape index (κ1) is 18.3. The molecule has 0 bridgehead atoms. The van der Waals surface area contributed by atoms with Crippen molar-refractivity contribution in [3.63, 3.8) is 0 Å². The minimum atomic E-state index is -0.843. The summed E-state index contributed by atoms with van der Waals surface area (Å²) in [5.74, 6) is -1.10. The Hall–Kier alpha value is -2.52. The molecule has 1 fully saturated rings. The standard InChI is InChI=1S/C16H19ClN6O3/c1-2-22(8-15(24)25)12-6-11(7-12)19-16(26)13-5-10(17)3-4-14(13)23-9-18-20-21-23/h3-5,9,11-12H,2,6-8H2,1H3,(H,19,26)(H,24,25). The monoisotopic (exact) mass is 378 g/mol. The van der Waals surface area contributed by atoms with E-state index in [9.17, 15) is 9.59 Å². The van der Waals surface area contributed by atoms with E-state index in [4.69, 9.17) is 16.7 Å². The second-order valence-corrected chi connectivity index (χ2v) is 6.60. The molecule has 1 aromatic carbocycles. The van der Waals surface area contributed by atoms with Gasteiger partial charge >= 0.3 is 5.97 Å². The van der Waals surface area contributed by atoms with Crippen LogP contribution in [0.3, 0.4) is 0 Å². The van der Waals surface area contributed by atoms with Gasteiger partial charge in [0, 0.05) is 17.1 Å². The maximum atomic E-state index is 12.7. The fraction of sp³-hybridized carbons (Fsp3) is 0.438. The van der Waals surface area contributed by atoms with E-state index in [2.05, 4.69) is 20.8 Å². The summed E-state index contributed by atoms with van der Waals surface area (Å²) in [7, 11) is 0. The zero-order chi connectivity index (χ0) is 18.7. The minimum Gasteiger partial charge on any atom is -0.480 e. The molecular weight excluding hydrogens is 360 g/mol. The Bertz CT molecular complexity index is 791. The highest BCUT2D eigenvalue weighted by molar-refractivity contribution is 6.31. The zero-order valence-electron chi connectivity index (χ0n) is 14.2. The van der Waals surface area contributed by atoms with Gasteiger partial charge in [0.25, 0.3) is 5.91 Å². The summed E-state index contributed by atoms with van der Waals surface area (Å²) >= 11 is 6.04. The molecule has 138 valence electrons. The predicted molar refractivity (Wildman–Crippen MR) is 93.3 cm³/mol. The van der Waals surface area contributed by atoms with Gasteiger partial charge in [0.05, 0.1) is 17.8 Å². The van der Waals surface area contributed by atoms with Crippen LogP contribution >= 0.6 is 11.6 Å². The second kappa shape index (κ2) is 7.79. The molecule has 2 N–H and O–H groups in total. The predicted octanol–water partition coefficient (Wildman–Crippen LogP) is 0.983. The largest absolute Gasteiger partial charge is 0.480 e. The number of carbonyl (C=O) groups excluding carboxylic acids is 1. The number of carboxylic acids is 1. The molecule has 3 rings (SSSR count). The lowest BCUT2D eigenvalue weighted by molar-refractivity contribution is -0.139. The van der Waals surface area contributed by atoms with E-state index >= 15 is 0 Å². The molecule has 0 atom stereocenters. The Kier molecular flexibility index (Phi) is 5.48. The van der Waals surface area contributed by atoms with Gasteiger partial charge in [-0.05, 0) is 48.0 Å². The van der Waals surface area contributed by atoms with Crippen LogP contribution in [0, 0.1) is 0 Å². The van der Waals surface area contributed by atoms with Crippen molar-refractivity contribution in [2.24, 2.45) is 0 Å². The van der Waals surface area contributed by atoms with Crippen molar-refractivity contribution >= 4 is 23.5 Å². The third kappa shape index (κ3) is 4.00. The summed E-state index contributed by atoms with van der Waals surface area (Å²) < 4.78 is 1.40. The molecule has 1 amide bonds. The number of aliphatic carboxylic acids is 1. The van der Waals surface area contributed by atoms with Crippen molar-refractivity contribution in [3.05, 3.63) is 35.1 Å². The average molecular weight is 379 g/mol. The fourth-order valence-electron chi connectivity index (χ4n) is 3.10. The number of rotatable bonds is 7. The van der Waals surface area contributed by atoms with Gasteiger partial charge in [-0.2, -0.15) is 4.68 Å². The molecule has 10 heteroatoms. The molecule has 0 radical (unpaired) electrons. The average Bonchev–Trinajstić information content (AvgIpc) is 3.09. The number of nitrogens with one attached hydrogen (secondary N) is 1. The summed E-state index contributed by atoms with van der Waals surface area (Å²) in [5.41, 5.74) is 0.917. The van der Waals surface area contributed by atoms with Crippen molar-refractivity contribution in [2.45, 2.75) is 31.8 Å². The van der Waals surface area contributed by atoms with Crippen LogP contribution in [0.1, 0.15) is 30.1 Å². The van der Waals surface area contributed by atoms with Crippen molar-refractivity contribution in [1.82, 2.24) is 30.4 Å². The molecular formula is C16H19ClN6O3. The molecule has 26 heavy (non-hydrogen) atoms. The van der Waals surface area contributed by atoms with Crippen LogP contribution in [0.25, 0.3) is 5.69 Å². The van der Waals surface area contributed by atoms with E-state index in [0.717, 1.165) is 0 Å². The van der Waals surface area contributed by atoms with E-state index in [1.54, 1.807) is 18.2 Å². The number of carbonyl (C=O) groups is 2. The highest BCUT2D eigenvalue weighted by atomic mass is 35.5. The molecule has 1 heterocycles. The third-order valence-corrected chi connectivity index (χ3v) is 4.74. The number of halogens is 1. The van der Waals surface area contributed by atoms with Crippen molar-refractivity contribution < 1.29 is 14.7 Å². The van der Waals surface area contributed by atoms with Crippen molar-refractivity contribution in [3.8, 4) is 5.69 Å². The van der Waals surface area contributed by atoms with Gasteiger partial charge in [0.15, 0.2) is 0 Å². The molecule has 0 aliphatic heterocycles. The summed E-state index contributed by atoms with van der Waals surface area (Å²) in [6.45, 7) is 2.61. The summed E-state index contributed by atoms with van der Waals surface area (Å²) in [6.07, 6.45) is 2.84. The minimum absolute atomic E-state index is 0.00366. The van der Waals surface area contributed by atoms with Crippen molar-refractivity contribution in [1.29, 1.82) is 0 Å². The highest BCUT2D eigenvalue weighted by Gasteiger charge is 2.35. The Labute approximate surface area is 154 Å². The van der Waals surface area contributed by atoms with Gasteiger partial charge in [0.1, 0.15) is 6.33 Å². The molecule has 1 aromatic heterocycles. The van der Waals surface area contributed by atoms with Gasteiger partial charge in [-0.15, -0.1) is 5.10 Å². The number of amides is 1. The van der Waals surface area contributed by atoms with Crippen LogP contribution in [0.2, 0.25) is 5.02 Å². The molecule has 0 saturated heterocycles. The number of nitrogens with zero attached hydrogens (tertiary/aromatic N) is 5. The summed E-state index contributed by atoms with van der Waals surface area (Å²) in [5, 5.41) is 23.3. The highest BCUT2D eigenvalue weighted by Crippen LogP contribution is 2.27. The van der Waals surface area contributed by atoms with Gasteiger partial charge in [0.2, 0.25) is 0 Å². The van der Waals surface area contributed by atoms with Gasteiger partial charge in [-0.3, -0.25) is 14.5 Å². The summed E-state index contributed by atoms with van der Waals surface area (Å²) in [4.78, 5) is 25.5. The molecule has 1 aliphatic carbocycles. The molecule has 9 nitrogen and oxygen atoms in total. The molecule has 0 spiro atoms. The van der Waals surface area contributed by atoms with Crippen molar-refractivity contribution in [2.75, 3.05) is 13.1 Å². The smallest absolute Gasteiger partial charge is 0.317 e. The number of benzene rings is 1. The van der Waals surface area contributed by atoms with Gasteiger partial charge in [-0.25, -0.2) is 0 Å². The lowest BCUT2D eigenvalue weighted by atomic mass is 9.85. The number of hydrogen-bond acceptors (Lipinski definition) is 6. The van der Waals surface area contributed by atoms with Crippen LogP contribution in [-0.2, 0) is 4.79 Å². The topological polar surface area (TPSA) is 113 Å². The molecule has 1 aliphatic rings. The van der Waals surface area contributed by atoms with Gasteiger partial charge < -0.3 is 10.4 Å². The maximum absolute atomic E-state index is 12.7. The van der Waals surface area contributed by atoms with Gasteiger partial charge in [-0.1, -0.05) is 18.5 Å². The van der Waals surface area contributed by atoms with Crippen LogP contribution < -0.4 is 5.32 Å². The number of likely N-dealkylation sites (N-methyl/N-ethyl adjacent to an activating group) is 1. The Morgan fingerprint density at radius 3 is 2.81 bits per heavy atom. The van der Waals surface area contributed by atoms with Crippen LogP contribution in [0.4, 0.5) is 0 Å². The number of tetrazole rings is 1. The number of carboxylic acid groups (broad SMARTS) is 1. The summed E-state index contributed by atoms with van der Waals surface area (Å²) in [6, 6.07) is 5.09. The fourth-order valence-corrected chi connectivity index (χ4v) is 3.27. The Balaban J connectivity index is 1.65. The van der Waals surface area contributed by atoms with Crippen LogP contribution in [-0.4, -0.2) is 67.3 Å². The molecule has 2 aromatic rings. The maximum Gasteiger partial charge on any atom is 0.317 e. The third-order valence-electron chi connectivity index (χ3n) is 4.51. The first-order valence-corrected chi connectivity index (χ1v) is 8.65. The molecule has 1 saturated carbocycles. The van der Waals surface area contributed by atoms with Crippen LogP contribution in [0.5, 0.6) is 0 Å². The molecule has 0 unspecified atom stereocenters. The Morgan fingerprint density at radius 2 is 2.19 bits per heavy atom. The van der Waals surface area contributed by atoms with E-state index < -0.39 is 5.97 Å². The lowest BCUT2D eigenvalue weighted by Gasteiger charge is -2.42. The normalized spacial score (nSPS) is 19.2. The SMILES string of the molecule is CCN(CC(=O)O)C1CC(NC(=O)c2cc(Cl)ccc2-n2cnnn2)C1. The zero-order valence-corrected chi connectivity index (χ0v) is 14.9. The number of hydrogen-bond donors (Lipinski definition) is 2. The Morgan fingerprint density at radius 1 is 1.42 bits per heavy atom. The van der Waals surface area contributed by atoms with E-state index in [-0.39, 0.29) is 24.5 Å². The van der Waals surface area contributed by atoms with Crippen LogP contribution in [0.15, 0.2) is 24.5 Å². The number of aromatic nitrogens is 4. The first-order chi connectivity index (χ1) is 12.5. The van der Waals surface area contributed by atoms with E-state index in [1.807, 2.05) is 11.8 Å². The lowest BCUT2D eigenvalue weighted by Crippen LogP contribution is -2.54. The van der Waals surface area contributed by atoms with E-state index in [0.29, 0.717) is 35.7 Å². The second-order valence-electron chi connectivity index (χ2n) is 6.17. The first-order valence-electron chi connectivity index (χ1n) is 8.27. The quantitative estimate of drug-likeness (QED) is 0.738.